The van der Waals surface area contributed by atoms with Crippen molar-refractivity contribution in [3.63, 3.8) is 0 Å². The Morgan fingerprint density at radius 2 is 1.50 bits per heavy atom. The molecule has 0 atom stereocenters. The van der Waals surface area contributed by atoms with Gasteiger partial charge in [-0.2, -0.15) is 0 Å². The monoisotopic (exact) mass is 484 g/mol. The molecular formula is C26H33ClN4O3. The summed E-state index contributed by atoms with van der Waals surface area (Å²) in [7, 11) is 0. The number of hydrogen-bond acceptors (Lipinski definition) is 6. The largest absolute Gasteiger partial charge is 0.380 e. The van der Waals surface area contributed by atoms with Crippen LogP contribution in [0.25, 0.3) is 0 Å². The standard InChI is InChI=1S/C26H33ClN4O3/c27-20-7-9-21(10-8-20)29-13-15-31(16-14-29)26(34)19-5-3-18(4-6-19)17-28-22-23(25(33)24(22)32)30-11-1-2-12-30/h7-10,18-19,28H,1-6,11-17H2. The van der Waals surface area contributed by atoms with E-state index in [1.54, 1.807) is 0 Å². The highest BCUT2D eigenvalue weighted by molar-refractivity contribution is 6.30. The van der Waals surface area contributed by atoms with Gasteiger partial charge in [-0.05, 0) is 68.7 Å². The van der Waals surface area contributed by atoms with Crippen LogP contribution in [0.2, 0.25) is 5.02 Å². The number of carbonyl (C=O) groups is 1. The van der Waals surface area contributed by atoms with E-state index in [2.05, 4.69) is 10.2 Å². The molecule has 2 aliphatic heterocycles. The third kappa shape index (κ3) is 4.67. The van der Waals surface area contributed by atoms with Gasteiger partial charge >= 0.3 is 0 Å². The normalized spacial score (nSPS) is 23.5. The molecule has 182 valence electrons. The number of nitrogens with zero attached hydrogens (tertiary/aromatic N) is 3. The molecule has 0 bridgehead atoms. The summed E-state index contributed by atoms with van der Waals surface area (Å²) in [6.07, 6.45) is 5.89. The van der Waals surface area contributed by atoms with E-state index in [0.29, 0.717) is 29.7 Å². The highest BCUT2D eigenvalue weighted by atomic mass is 35.5. The zero-order chi connectivity index (χ0) is 23.7. The molecule has 3 fully saturated rings. The van der Waals surface area contributed by atoms with Gasteiger partial charge in [0.1, 0.15) is 11.4 Å². The Kier molecular flexibility index (Phi) is 6.82. The second kappa shape index (κ2) is 9.98. The van der Waals surface area contributed by atoms with Crippen LogP contribution in [0.5, 0.6) is 0 Å². The number of anilines is 3. The zero-order valence-corrected chi connectivity index (χ0v) is 20.4. The number of rotatable bonds is 6. The summed E-state index contributed by atoms with van der Waals surface area (Å²) in [6.45, 7) is 5.62. The maximum atomic E-state index is 13.1. The second-order valence-corrected chi connectivity index (χ2v) is 10.4. The Morgan fingerprint density at radius 3 is 2.15 bits per heavy atom. The van der Waals surface area contributed by atoms with Crippen molar-refractivity contribution in [3.05, 3.63) is 49.7 Å². The number of halogens is 1. The van der Waals surface area contributed by atoms with E-state index in [9.17, 15) is 14.4 Å². The third-order valence-electron chi connectivity index (χ3n) is 7.85. The molecule has 7 nitrogen and oxygen atoms in total. The van der Waals surface area contributed by atoms with Crippen molar-refractivity contribution in [2.45, 2.75) is 38.5 Å². The zero-order valence-electron chi connectivity index (χ0n) is 19.6. The predicted octanol–water partition coefficient (Wildman–Crippen LogP) is 3.10. The van der Waals surface area contributed by atoms with Gasteiger partial charge in [-0.1, -0.05) is 11.6 Å². The van der Waals surface area contributed by atoms with Gasteiger partial charge in [-0.15, -0.1) is 0 Å². The molecule has 0 unspecified atom stereocenters. The summed E-state index contributed by atoms with van der Waals surface area (Å²) in [5.41, 5.74) is 1.56. The molecule has 2 aromatic carbocycles. The average molecular weight is 485 g/mol. The van der Waals surface area contributed by atoms with Crippen molar-refractivity contribution >= 4 is 34.6 Å². The Hall–Kier alpha value is -2.54. The maximum Gasteiger partial charge on any atom is 0.253 e. The fourth-order valence-electron chi connectivity index (χ4n) is 5.74. The van der Waals surface area contributed by atoms with Crippen LogP contribution < -0.4 is 26.0 Å². The molecule has 3 aliphatic rings. The van der Waals surface area contributed by atoms with Crippen LogP contribution in [0.15, 0.2) is 33.9 Å². The van der Waals surface area contributed by atoms with Crippen LogP contribution in [0.4, 0.5) is 17.1 Å². The number of carbonyl (C=O) groups excluding carboxylic acids is 1. The minimum atomic E-state index is -0.372. The summed E-state index contributed by atoms with van der Waals surface area (Å²) in [5.74, 6) is 0.826. The lowest BCUT2D eigenvalue weighted by Crippen LogP contribution is -2.50. The lowest BCUT2D eigenvalue weighted by molar-refractivity contribution is -0.137. The van der Waals surface area contributed by atoms with Crippen LogP contribution in [-0.4, -0.2) is 56.6 Å². The Labute approximate surface area is 205 Å². The van der Waals surface area contributed by atoms with Crippen molar-refractivity contribution in [1.82, 2.24) is 4.90 Å². The van der Waals surface area contributed by atoms with Crippen molar-refractivity contribution in [2.75, 3.05) is 60.9 Å². The topological polar surface area (TPSA) is 73.0 Å². The van der Waals surface area contributed by atoms with E-state index < -0.39 is 0 Å². The molecule has 0 radical (unpaired) electrons. The third-order valence-corrected chi connectivity index (χ3v) is 8.11. The minimum absolute atomic E-state index is 0.102. The number of amides is 1. The predicted molar refractivity (Wildman–Crippen MR) is 137 cm³/mol. The first-order valence-corrected chi connectivity index (χ1v) is 13.0. The quantitative estimate of drug-likeness (QED) is 0.635. The van der Waals surface area contributed by atoms with Crippen molar-refractivity contribution in [2.24, 2.45) is 11.8 Å². The molecular weight excluding hydrogens is 452 g/mol. The van der Waals surface area contributed by atoms with Crippen molar-refractivity contribution in [1.29, 1.82) is 0 Å². The molecule has 8 heteroatoms. The molecule has 2 heterocycles. The lowest BCUT2D eigenvalue weighted by Gasteiger charge is -2.39. The molecule has 34 heavy (non-hydrogen) atoms. The average Bonchev–Trinajstić information content (AvgIpc) is 3.40. The molecule has 1 amide bonds. The first-order valence-electron chi connectivity index (χ1n) is 12.6. The van der Waals surface area contributed by atoms with Gasteiger partial charge in [0.05, 0.1) is 0 Å². The van der Waals surface area contributed by atoms with Crippen molar-refractivity contribution < 1.29 is 4.79 Å². The highest BCUT2D eigenvalue weighted by Crippen LogP contribution is 2.32. The molecule has 1 aliphatic carbocycles. The molecule has 2 aromatic rings. The van der Waals surface area contributed by atoms with E-state index in [1.165, 1.54) is 0 Å². The summed E-state index contributed by atoms with van der Waals surface area (Å²) >= 11 is 5.99. The van der Waals surface area contributed by atoms with Gasteiger partial charge in [-0.25, -0.2) is 0 Å². The molecule has 1 N–H and O–H groups in total. The van der Waals surface area contributed by atoms with Gasteiger partial charge < -0.3 is 20.0 Å². The molecule has 1 saturated carbocycles. The first-order chi connectivity index (χ1) is 16.5. The van der Waals surface area contributed by atoms with E-state index in [1.807, 2.05) is 34.1 Å². The van der Waals surface area contributed by atoms with Crippen LogP contribution in [0.3, 0.4) is 0 Å². The summed E-state index contributed by atoms with van der Waals surface area (Å²) in [4.78, 5) is 43.6. The Bertz CT molecular complexity index is 1070. The van der Waals surface area contributed by atoms with Crippen LogP contribution in [0.1, 0.15) is 38.5 Å². The van der Waals surface area contributed by atoms with Crippen LogP contribution >= 0.6 is 11.6 Å². The number of benzene rings is 1. The summed E-state index contributed by atoms with van der Waals surface area (Å²) < 4.78 is 0. The maximum absolute atomic E-state index is 13.1. The number of nitrogens with one attached hydrogen (secondary N) is 1. The molecule has 0 spiro atoms. The van der Waals surface area contributed by atoms with E-state index in [4.69, 9.17) is 11.6 Å². The molecule has 5 rings (SSSR count). The van der Waals surface area contributed by atoms with E-state index in [0.717, 1.165) is 88.5 Å². The fraction of sp³-hybridized carbons (Fsp3) is 0.577. The van der Waals surface area contributed by atoms with Gasteiger partial charge in [0.2, 0.25) is 5.91 Å². The molecule has 0 aromatic heterocycles. The fourth-order valence-corrected chi connectivity index (χ4v) is 5.87. The number of hydrogen-bond donors (Lipinski definition) is 1. The van der Waals surface area contributed by atoms with Gasteiger partial charge in [-0.3, -0.25) is 14.4 Å². The summed E-state index contributed by atoms with van der Waals surface area (Å²) in [6, 6.07) is 7.88. The smallest absolute Gasteiger partial charge is 0.253 e. The van der Waals surface area contributed by atoms with Crippen molar-refractivity contribution in [3.8, 4) is 0 Å². The minimum Gasteiger partial charge on any atom is -0.380 e. The van der Waals surface area contributed by atoms with Crippen LogP contribution in [0, 0.1) is 11.8 Å². The van der Waals surface area contributed by atoms with Gasteiger partial charge in [0.15, 0.2) is 0 Å². The van der Waals surface area contributed by atoms with E-state index in [-0.39, 0.29) is 16.8 Å². The van der Waals surface area contributed by atoms with Crippen LogP contribution in [-0.2, 0) is 4.79 Å². The molecule has 2 saturated heterocycles. The first kappa shape index (κ1) is 23.2. The second-order valence-electron chi connectivity index (χ2n) is 9.96. The number of piperazine rings is 1. The van der Waals surface area contributed by atoms with E-state index >= 15 is 0 Å². The highest BCUT2D eigenvalue weighted by Gasteiger charge is 2.32. The Morgan fingerprint density at radius 1 is 0.853 bits per heavy atom. The lowest BCUT2D eigenvalue weighted by atomic mass is 9.81. The SMILES string of the molecule is O=C(C1CCC(CNc2c(N3CCCC3)c(=O)c2=O)CC1)N1CCN(c2ccc(Cl)cc2)CC1. The Balaban J connectivity index is 1.07. The van der Waals surface area contributed by atoms with Gasteiger partial charge in [0, 0.05) is 62.4 Å². The van der Waals surface area contributed by atoms with Gasteiger partial charge in [0.25, 0.3) is 10.9 Å². The summed E-state index contributed by atoms with van der Waals surface area (Å²) in [5, 5.41) is 4.02.